The fourth-order valence-corrected chi connectivity index (χ4v) is 2.78. The fraction of sp³-hybridized carbons (Fsp3) is 0.211. The van der Waals surface area contributed by atoms with Gasteiger partial charge in [-0.25, -0.2) is 9.59 Å². The lowest BCUT2D eigenvalue weighted by Gasteiger charge is -2.21. The number of oxime groups is 1. The minimum atomic E-state index is -0.912. The topological polar surface area (TPSA) is 77.4 Å². The lowest BCUT2D eigenvalue weighted by molar-refractivity contribution is 0.130. The van der Waals surface area contributed by atoms with Gasteiger partial charge in [-0.3, -0.25) is 0 Å². The van der Waals surface area contributed by atoms with Crippen LogP contribution in [0.3, 0.4) is 0 Å². The Bertz CT molecular complexity index is 870. The molecule has 2 aromatic carbocycles. The van der Waals surface area contributed by atoms with E-state index >= 15 is 0 Å². The van der Waals surface area contributed by atoms with E-state index in [1.54, 1.807) is 19.1 Å². The van der Waals surface area contributed by atoms with E-state index in [0.717, 1.165) is 29.2 Å². The number of hydrogen-bond acceptors (Lipinski definition) is 6. The fourth-order valence-electron chi connectivity index (χ4n) is 2.29. The second kappa shape index (κ2) is 10.1. The van der Waals surface area contributed by atoms with Gasteiger partial charge in [0.15, 0.2) is 0 Å². The normalized spacial score (nSPS) is 11.0. The van der Waals surface area contributed by atoms with Crippen molar-refractivity contribution in [3.8, 4) is 0 Å². The third-order valence-corrected chi connectivity index (χ3v) is 4.60. The van der Waals surface area contributed by atoms with E-state index in [1.165, 1.54) is 6.07 Å². The second-order valence-electron chi connectivity index (χ2n) is 5.47. The molecule has 0 aromatic heterocycles. The molecule has 7 nitrogen and oxygen atoms in total. The standard InChI is InChI=1S/C19H18BrClN2O5/c1-12(13-7-9-14(20)10-8-13)22-28-11-15-16(21)5-4-6-17(15)23(18(24)26-2)19(25)27-3/h4-10H,11H2,1-3H3/b22-12+. The molecule has 2 rings (SSSR count). The number of carbonyl (C=O) groups excluding carboxylic acids is 2. The van der Waals surface area contributed by atoms with Gasteiger partial charge in [-0.05, 0) is 36.8 Å². The molecular formula is C19H18BrClN2O5. The Hall–Kier alpha value is -2.58. The highest BCUT2D eigenvalue weighted by atomic mass is 79.9. The van der Waals surface area contributed by atoms with Crippen molar-refractivity contribution in [2.24, 2.45) is 5.16 Å². The molecule has 0 aliphatic rings. The Morgan fingerprint density at radius 1 is 1.07 bits per heavy atom. The van der Waals surface area contributed by atoms with Crippen LogP contribution in [0.5, 0.6) is 0 Å². The summed E-state index contributed by atoms with van der Waals surface area (Å²) >= 11 is 9.63. The van der Waals surface area contributed by atoms with Crippen molar-refractivity contribution in [2.75, 3.05) is 19.1 Å². The number of nitrogens with zero attached hydrogens (tertiary/aromatic N) is 2. The van der Waals surface area contributed by atoms with Gasteiger partial charge in [-0.1, -0.05) is 50.9 Å². The molecule has 0 aliphatic heterocycles. The smallest absolute Gasteiger partial charge is 0.423 e. The van der Waals surface area contributed by atoms with Gasteiger partial charge in [0.1, 0.15) is 6.61 Å². The summed E-state index contributed by atoms with van der Waals surface area (Å²) in [6, 6.07) is 12.3. The number of anilines is 1. The van der Waals surface area contributed by atoms with Crippen molar-refractivity contribution >= 4 is 51.1 Å². The van der Waals surface area contributed by atoms with Gasteiger partial charge < -0.3 is 14.3 Å². The van der Waals surface area contributed by atoms with Crippen LogP contribution in [0.1, 0.15) is 18.1 Å². The minimum absolute atomic E-state index is 0.0760. The van der Waals surface area contributed by atoms with Crippen molar-refractivity contribution in [1.82, 2.24) is 0 Å². The average Bonchev–Trinajstić information content (AvgIpc) is 2.70. The van der Waals surface area contributed by atoms with Gasteiger partial charge in [0.2, 0.25) is 0 Å². The molecule has 0 N–H and O–H groups in total. The molecule has 0 radical (unpaired) electrons. The second-order valence-corrected chi connectivity index (χ2v) is 6.79. The number of benzene rings is 2. The van der Waals surface area contributed by atoms with Crippen LogP contribution in [-0.2, 0) is 20.9 Å². The van der Waals surface area contributed by atoms with Gasteiger partial charge in [0.25, 0.3) is 0 Å². The first kappa shape index (κ1) is 21.7. The van der Waals surface area contributed by atoms with E-state index in [2.05, 4.69) is 30.6 Å². The zero-order valence-corrected chi connectivity index (χ0v) is 17.8. The van der Waals surface area contributed by atoms with Crippen molar-refractivity contribution in [2.45, 2.75) is 13.5 Å². The molecule has 0 bridgehead atoms. The van der Waals surface area contributed by atoms with Gasteiger partial charge in [0.05, 0.1) is 25.6 Å². The Kier molecular flexibility index (Phi) is 7.83. The summed E-state index contributed by atoms with van der Waals surface area (Å²) < 4.78 is 10.3. The maximum Gasteiger partial charge on any atom is 0.423 e. The van der Waals surface area contributed by atoms with Crippen LogP contribution in [0.4, 0.5) is 15.3 Å². The number of carbonyl (C=O) groups is 2. The number of amides is 2. The summed E-state index contributed by atoms with van der Waals surface area (Å²) in [6.07, 6.45) is -1.82. The predicted molar refractivity (Wildman–Crippen MR) is 110 cm³/mol. The molecule has 0 heterocycles. The Labute approximate surface area is 175 Å². The van der Waals surface area contributed by atoms with Crippen LogP contribution in [0, 0.1) is 0 Å². The summed E-state index contributed by atoms with van der Waals surface area (Å²) in [5, 5.41) is 4.38. The van der Waals surface area contributed by atoms with Crippen molar-refractivity contribution < 1.29 is 23.9 Å². The molecule has 0 aliphatic carbocycles. The molecule has 0 spiro atoms. The van der Waals surface area contributed by atoms with Gasteiger partial charge in [0, 0.05) is 15.1 Å². The first-order chi connectivity index (χ1) is 13.4. The molecule has 2 amide bonds. The summed E-state index contributed by atoms with van der Waals surface area (Å²) in [7, 11) is 2.32. The Balaban J connectivity index is 2.28. The van der Waals surface area contributed by atoms with Crippen LogP contribution >= 0.6 is 27.5 Å². The molecule has 148 valence electrons. The Morgan fingerprint density at radius 2 is 1.68 bits per heavy atom. The highest BCUT2D eigenvalue weighted by Crippen LogP contribution is 2.29. The van der Waals surface area contributed by atoms with E-state index in [1.807, 2.05) is 24.3 Å². The van der Waals surface area contributed by atoms with Gasteiger partial charge in [-0.2, -0.15) is 4.90 Å². The highest BCUT2D eigenvalue weighted by Gasteiger charge is 2.28. The summed E-state index contributed by atoms with van der Waals surface area (Å²) in [5.41, 5.74) is 2.10. The average molecular weight is 470 g/mol. The van der Waals surface area contributed by atoms with E-state index in [4.69, 9.17) is 16.4 Å². The van der Waals surface area contributed by atoms with E-state index in [-0.39, 0.29) is 12.3 Å². The molecule has 28 heavy (non-hydrogen) atoms. The number of methoxy groups -OCH3 is 2. The van der Waals surface area contributed by atoms with Crippen LogP contribution in [0.2, 0.25) is 5.02 Å². The lowest BCUT2D eigenvalue weighted by atomic mass is 10.1. The lowest BCUT2D eigenvalue weighted by Crippen LogP contribution is -2.37. The van der Waals surface area contributed by atoms with Crippen LogP contribution in [0.25, 0.3) is 0 Å². The minimum Gasteiger partial charge on any atom is -0.452 e. The number of rotatable bonds is 5. The number of imide groups is 1. The number of ether oxygens (including phenoxy) is 2. The zero-order chi connectivity index (χ0) is 20.7. The predicted octanol–water partition coefficient (Wildman–Crippen LogP) is 5.38. The highest BCUT2D eigenvalue weighted by molar-refractivity contribution is 9.10. The number of hydrogen-bond donors (Lipinski definition) is 0. The SMILES string of the molecule is COC(=O)N(C(=O)OC)c1cccc(Cl)c1CO/N=C(\C)c1ccc(Br)cc1. The summed E-state index contributed by atoms with van der Waals surface area (Å²) in [6.45, 7) is 1.72. The first-order valence-corrected chi connectivity index (χ1v) is 9.22. The monoisotopic (exact) mass is 468 g/mol. The van der Waals surface area contributed by atoms with Crippen molar-refractivity contribution in [3.05, 3.63) is 63.1 Å². The van der Waals surface area contributed by atoms with E-state index < -0.39 is 12.2 Å². The molecule has 0 atom stereocenters. The van der Waals surface area contributed by atoms with Gasteiger partial charge >= 0.3 is 12.2 Å². The first-order valence-electron chi connectivity index (χ1n) is 8.05. The van der Waals surface area contributed by atoms with Crippen LogP contribution in [0.15, 0.2) is 52.1 Å². The van der Waals surface area contributed by atoms with Gasteiger partial charge in [-0.15, -0.1) is 0 Å². The molecular weight excluding hydrogens is 452 g/mol. The Morgan fingerprint density at radius 3 is 2.25 bits per heavy atom. The van der Waals surface area contributed by atoms with Crippen LogP contribution < -0.4 is 4.90 Å². The van der Waals surface area contributed by atoms with Crippen LogP contribution in [-0.4, -0.2) is 32.1 Å². The third-order valence-electron chi connectivity index (χ3n) is 3.72. The van der Waals surface area contributed by atoms with E-state index in [9.17, 15) is 9.59 Å². The largest absolute Gasteiger partial charge is 0.452 e. The molecule has 0 saturated heterocycles. The van der Waals surface area contributed by atoms with E-state index in [0.29, 0.717) is 16.3 Å². The number of halogens is 2. The molecule has 0 unspecified atom stereocenters. The quantitative estimate of drug-likeness (QED) is 0.434. The van der Waals surface area contributed by atoms with Crippen molar-refractivity contribution in [3.63, 3.8) is 0 Å². The molecule has 9 heteroatoms. The third kappa shape index (κ3) is 5.24. The molecule has 2 aromatic rings. The molecule has 0 saturated carbocycles. The maximum atomic E-state index is 12.1. The molecule has 0 fully saturated rings. The summed E-state index contributed by atoms with van der Waals surface area (Å²) in [4.78, 5) is 30.3. The maximum absolute atomic E-state index is 12.1. The van der Waals surface area contributed by atoms with Crippen molar-refractivity contribution in [1.29, 1.82) is 0 Å². The zero-order valence-electron chi connectivity index (χ0n) is 15.4. The summed E-state index contributed by atoms with van der Waals surface area (Å²) in [5.74, 6) is 0.